The fourth-order valence-corrected chi connectivity index (χ4v) is 14.1. The predicted octanol–water partition coefficient (Wildman–Crippen LogP) is 6.97. The third-order valence-corrected chi connectivity index (χ3v) is 17.4. The van der Waals surface area contributed by atoms with Crippen molar-refractivity contribution in [2.24, 2.45) is 56.7 Å². The third kappa shape index (κ3) is 5.55. The molecule has 0 aromatic carbocycles. The monoisotopic (exact) mass is 728 g/mol. The van der Waals surface area contributed by atoms with E-state index in [9.17, 15) is 19.5 Å². The number of ether oxygens (including phenoxy) is 3. The van der Waals surface area contributed by atoms with Gasteiger partial charge in [-0.25, -0.2) is 9.59 Å². The SMILES string of the molecule is COC(C[C@@H](C)[C@H]1C[C@H](O)[C@@]2(C)C3CC[C@H]4C(C)(C)[C@@H](OC(=O)N5CCN(C(C)=O)CC5)CC[C@@]45CC35CC[C@]12C)[C@H](OC(=O)N1CCC1)C(C)C. The lowest BCUT2D eigenvalue weighted by Crippen LogP contribution is -2.60. The van der Waals surface area contributed by atoms with E-state index in [-0.39, 0.29) is 75.5 Å². The number of amides is 3. The van der Waals surface area contributed by atoms with Crippen LogP contribution in [0.25, 0.3) is 0 Å². The van der Waals surface area contributed by atoms with Crippen molar-refractivity contribution < 1.29 is 33.7 Å². The molecular formula is C42H69N3O7. The predicted molar refractivity (Wildman–Crippen MR) is 198 cm³/mol. The molecule has 10 heteroatoms. The lowest BCUT2D eigenvalue weighted by molar-refractivity contribution is -0.183. The van der Waals surface area contributed by atoms with Gasteiger partial charge in [-0.05, 0) is 110 Å². The Hall–Kier alpha value is -2.07. The number of hydrogen-bond acceptors (Lipinski definition) is 7. The highest BCUT2D eigenvalue weighted by molar-refractivity contribution is 5.74. The van der Waals surface area contributed by atoms with Crippen LogP contribution in [0.3, 0.4) is 0 Å². The molecule has 294 valence electrons. The normalized spacial score (nSPS) is 42.1. The zero-order valence-corrected chi connectivity index (χ0v) is 33.7. The molecule has 2 spiro atoms. The highest BCUT2D eigenvalue weighted by Crippen LogP contribution is 2.89. The van der Waals surface area contributed by atoms with Crippen LogP contribution in [0.15, 0.2) is 0 Å². The average molecular weight is 728 g/mol. The number of methoxy groups -OCH3 is 1. The van der Waals surface area contributed by atoms with Gasteiger partial charge in [0.05, 0.1) is 12.2 Å². The van der Waals surface area contributed by atoms with Crippen molar-refractivity contribution in [2.45, 2.75) is 144 Å². The number of rotatable bonds is 8. The van der Waals surface area contributed by atoms with Crippen LogP contribution in [0, 0.1) is 56.7 Å². The molecule has 5 saturated carbocycles. The first-order valence-corrected chi connectivity index (χ1v) is 20.8. The molecule has 7 rings (SSSR count). The fourth-order valence-electron chi connectivity index (χ4n) is 14.1. The molecule has 0 bridgehead atoms. The van der Waals surface area contributed by atoms with Crippen LogP contribution in [0.2, 0.25) is 0 Å². The van der Waals surface area contributed by atoms with Crippen LogP contribution in [0.5, 0.6) is 0 Å². The molecular weight excluding hydrogens is 658 g/mol. The minimum Gasteiger partial charge on any atom is -0.446 e. The molecule has 2 heterocycles. The first kappa shape index (κ1) is 38.2. The van der Waals surface area contributed by atoms with Crippen molar-refractivity contribution in [1.82, 2.24) is 14.7 Å². The number of likely N-dealkylation sites (tertiary alicyclic amines) is 1. The van der Waals surface area contributed by atoms with E-state index in [0.717, 1.165) is 64.5 Å². The van der Waals surface area contributed by atoms with E-state index in [0.29, 0.717) is 49.9 Å². The van der Waals surface area contributed by atoms with Crippen molar-refractivity contribution >= 4 is 18.1 Å². The van der Waals surface area contributed by atoms with Gasteiger partial charge in [-0.15, -0.1) is 0 Å². The molecule has 10 nitrogen and oxygen atoms in total. The summed E-state index contributed by atoms with van der Waals surface area (Å²) >= 11 is 0. The van der Waals surface area contributed by atoms with E-state index < -0.39 is 0 Å². The largest absolute Gasteiger partial charge is 0.446 e. The molecule has 0 aromatic rings. The average Bonchev–Trinajstić information content (AvgIpc) is 3.69. The molecule has 0 radical (unpaired) electrons. The smallest absolute Gasteiger partial charge is 0.410 e. The van der Waals surface area contributed by atoms with Crippen molar-refractivity contribution in [3.05, 3.63) is 0 Å². The number of aliphatic hydroxyl groups excluding tert-OH is 1. The lowest BCUT2D eigenvalue weighted by atomic mass is 9.41. The molecule has 1 N–H and O–H groups in total. The van der Waals surface area contributed by atoms with Crippen molar-refractivity contribution in [3.63, 3.8) is 0 Å². The molecule has 12 atom stereocenters. The van der Waals surface area contributed by atoms with Gasteiger partial charge in [0, 0.05) is 64.1 Å². The van der Waals surface area contributed by atoms with Crippen molar-refractivity contribution in [1.29, 1.82) is 0 Å². The topological polar surface area (TPSA) is 109 Å². The summed E-state index contributed by atoms with van der Waals surface area (Å²) in [6, 6.07) is 0. The second-order valence-corrected chi connectivity index (χ2v) is 19.9. The maximum absolute atomic E-state index is 13.4. The Morgan fingerprint density at radius 2 is 1.42 bits per heavy atom. The molecule has 3 amide bonds. The maximum Gasteiger partial charge on any atom is 0.410 e. The van der Waals surface area contributed by atoms with E-state index >= 15 is 0 Å². The molecule has 7 fully saturated rings. The number of aliphatic hydroxyl groups is 1. The van der Waals surface area contributed by atoms with E-state index in [1.54, 1.807) is 28.7 Å². The van der Waals surface area contributed by atoms with Crippen LogP contribution in [-0.4, -0.2) is 109 Å². The number of carbonyl (C=O) groups is 3. The van der Waals surface area contributed by atoms with Crippen molar-refractivity contribution in [3.8, 4) is 0 Å². The van der Waals surface area contributed by atoms with Gasteiger partial charge in [0.2, 0.25) is 5.91 Å². The Balaban J connectivity index is 1.04. The Labute approximate surface area is 313 Å². The van der Waals surface area contributed by atoms with Gasteiger partial charge in [0.15, 0.2) is 0 Å². The Kier molecular flexibility index (Phi) is 9.77. The highest BCUT2D eigenvalue weighted by atomic mass is 16.6. The van der Waals surface area contributed by atoms with Crippen LogP contribution < -0.4 is 0 Å². The molecule has 5 aliphatic carbocycles. The summed E-state index contributed by atoms with van der Waals surface area (Å²) in [4.78, 5) is 43.5. The van der Waals surface area contributed by atoms with Gasteiger partial charge < -0.3 is 34.0 Å². The molecule has 52 heavy (non-hydrogen) atoms. The van der Waals surface area contributed by atoms with E-state index in [1.165, 1.54) is 12.8 Å². The van der Waals surface area contributed by atoms with Gasteiger partial charge >= 0.3 is 12.2 Å². The Bertz CT molecular complexity index is 1390. The third-order valence-electron chi connectivity index (χ3n) is 17.4. The minimum absolute atomic E-state index is 0.00690. The van der Waals surface area contributed by atoms with Gasteiger partial charge in [-0.1, -0.05) is 48.5 Å². The molecule has 3 unspecified atom stereocenters. The summed E-state index contributed by atoms with van der Waals surface area (Å²) in [6.45, 7) is 21.5. The molecule has 0 aromatic heterocycles. The Morgan fingerprint density at radius 1 is 0.808 bits per heavy atom. The first-order chi connectivity index (χ1) is 24.5. The summed E-state index contributed by atoms with van der Waals surface area (Å²) in [5.41, 5.74) is 0.222. The van der Waals surface area contributed by atoms with Crippen molar-refractivity contribution in [2.75, 3.05) is 46.4 Å². The lowest BCUT2D eigenvalue weighted by Gasteiger charge is -2.64. The maximum atomic E-state index is 13.4. The summed E-state index contributed by atoms with van der Waals surface area (Å²) < 4.78 is 18.6. The molecule has 2 aliphatic heterocycles. The Morgan fingerprint density at radius 3 is 2.02 bits per heavy atom. The zero-order valence-electron chi connectivity index (χ0n) is 33.7. The van der Waals surface area contributed by atoms with Crippen LogP contribution >= 0.6 is 0 Å². The number of hydrogen-bond donors (Lipinski definition) is 1. The van der Waals surface area contributed by atoms with Gasteiger partial charge in [-0.3, -0.25) is 4.79 Å². The first-order valence-electron chi connectivity index (χ1n) is 20.8. The van der Waals surface area contributed by atoms with E-state index in [4.69, 9.17) is 14.2 Å². The number of nitrogens with zero attached hydrogens (tertiary/aromatic N) is 3. The minimum atomic E-state index is -0.346. The summed E-state index contributed by atoms with van der Waals surface area (Å²) in [7, 11) is 1.75. The van der Waals surface area contributed by atoms with Gasteiger partial charge in [-0.2, -0.15) is 0 Å². The molecule has 7 aliphatic rings. The molecule has 2 saturated heterocycles. The van der Waals surface area contributed by atoms with Crippen LogP contribution in [-0.2, 0) is 19.0 Å². The fraction of sp³-hybridized carbons (Fsp3) is 0.929. The summed E-state index contributed by atoms with van der Waals surface area (Å²) in [6.07, 6.45) is 9.06. The van der Waals surface area contributed by atoms with Gasteiger partial charge in [0.25, 0.3) is 0 Å². The second-order valence-electron chi connectivity index (χ2n) is 19.9. The number of piperazine rings is 1. The van der Waals surface area contributed by atoms with Gasteiger partial charge in [0.1, 0.15) is 12.2 Å². The number of carbonyl (C=O) groups excluding carboxylic acids is 3. The summed E-state index contributed by atoms with van der Waals surface area (Å²) in [5, 5.41) is 12.3. The second kappa shape index (κ2) is 13.3. The highest BCUT2D eigenvalue weighted by Gasteiger charge is 2.83. The van der Waals surface area contributed by atoms with Crippen LogP contribution in [0.1, 0.15) is 120 Å². The summed E-state index contributed by atoms with van der Waals surface area (Å²) in [5.74, 6) is 1.84. The quantitative estimate of drug-likeness (QED) is 0.288. The van der Waals surface area contributed by atoms with E-state index in [1.807, 2.05) is 0 Å². The standard InChI is InChI=1S/C42H69N3O7/c1-26(2)35(52-37(49)44-17-10-18-44)30(50-9)23-27(3)29-24-33(47)40(8)32-12-11-31-38(5,6)34(51-36(48)45-21-19-43(20-22-45)28(4)46)13-14-41(31)25-42(32,41)16-15-39(29,40)7/h26-27,29-35,47H,10-25H2,1-9H3/t27-,29-,30?,31+,32?,33+,34+,35-,39-,40-,41-,42?/m1/s1. The van der Waals surface area contributed by atoms with Crippen LogP contribution in [0.4, 0.5) is 9.59 Å². The van der Waals surface area contributed by atoms with E-state index in [2.05, 4.69) is 48.5 Å². The number of fused-ring (bicyclic) bond motifs is 2. The zero-order chi connectivity index (χ0) is 37.6.